The van der Waals surface area contributed by atoms with E-state index >= 15 is 0 Å². The third-order valence-electron chi connectivity index (χ3n) is 2.76. The van der Waals surface area contributed by atoms with Crippen molar-refractivity contribution in [3.05, 3.63) is 35.4 Å². The molecule has 0 bridgehead atoms. The molecule has 1 rings (SSSR count). The molecule has 1 aromatic rings. The van der Waals surface area contributed by atoms with Gasteiger partial charge in [0.1, 0.15) is 0 Å². The van der Waals surface area contributed by atoms with Crippen LogP contribution in [-0.4, -0.2) is 17.3 Å². The first kappa shape index (κ1) is 12.2. The van der Waals surface area contributed by atoms with Gasteiger partial charge in [0.15, 0.2) is 0 Å². The van der Waals surface area contributed by atoms with E-state index in [0.29, 0.717) is 6.42 Å². The molecule has 15 heavy (non-hydrogen) atoms. The molecular weight excluding hydrogens is 186 g/mol. The minimum absolute atomic E-state index is 0.180. The van der Waals surface area contributed by atoms with E-state index in [-0.39, 0.29) is 18.1 Å². The lowest BCUT2D eigenvalue weighted by Gasteiger charge is -2.30. The summed E-state index contributed by atoms with van der Waals surface area (Å²) >= 11 is 0. The number of nitrogens with two attached hydrogens (primary N) is 1. The van der Waals surface area contributed by atoms with Crippen LogP contribution < -0.4 is 5.73 Å². The first-order chi connectivity index (χ1) is 6.95. The van der Waals surface area contributed by atoms with Crippen LogP contribution in [-0.2, 0) is 0 Å². The molecule has 0 aliphatic heterocycles. The quantitative estimate of drug-likeness (QED) is 0.795. The van der Waals surface area contributed by atoms with Gasteiger partial charge in [-0.25, -0.2) is 0 Å². The highest BCUT2D eigenvalue weighted by atomic mass is 16.3. The van der Waals surface area contributed by atoms with Crippen molar-refractivity contribution in [1.29, 1.82) is 0 Å². The Kier molecular flexibility index (Phi) is 3.89. The fourth-order valence-electron chi connectivity index (χ4n) is 1.98. The molecule has 0 amide bonds. The van der Waals surface area contributed by atoms with E-state index in [1.54, 1.807) is 0 Å². The Bertz CT molecular complexity index is 315. The summed E-state index contributed by atoms with van der Waals surface area (Å²) in [6, 6.07) is 8.35. The molecular formula is C13H21NO. The molecule has 1 atom stereocenters. The van der Waals surface area contributed by atoms with Crippen LogP contribution in [0.15, 0.2) is 24.3 Å². The molecule has 0 saturated carbocycles. The Morgan fingerprint density at radius 3 is 2.53 bits per heavy atom. The largest absolute Gasteiger partial charge is 0.396 e. The van der Waals surface area contributed by atoms with Gasteiger partial charge in [0.2, 0.25) is 0 Å². The number of hydrogen-bond acceptors (Lipinski definition) is 2. The van der Waals surface area contributed by atoms with E-state index in [2.05, 4.69) is 25.1 Å². The third-order valence-corrected chi connectivity index (χ3v) is 2.76. The molecule has 0 heterocycles. The van der Waals surface area contributed by atoms with Crippen LogP contribution >= 0.6 is 0 Å². The first-order valence-corrected chi connectivity index (χ1v) is 5.41. The molecule has 0 radical (unpaired) electrons. The van der Waals surface area contributed by atoms with Crippen LogP contribution in [0.1, 0.15) is 37.3 Å². The van der Waals surface area contributed by atoms with Crippen molar-refractivity contribution < 1.29 is 5.11 Å². The minimum atomic E-state index is -0.295. The van der Waals surface area contributed by atoms with Gasteiger partial charge in [0.05, 0.1) is 0 Å². The fourth-order valence-corrected chi connectivity index (χ4v) is 1.98. The molecule has 2 heteroatoms. The summed E-state index contributed by atoms with van der Waals surface area (Å²) in [5.74, 6) is 0.211. The molecule has 0 fully saturated rings. The second-order valence-electron chi connectivity index (χ2n) is 4.80. The molecule has 0 saturated heterocycles. The maximum atomic E-state index is 9.08. The molecule has 0 aliphatic carbocycles. The van der Waals surface area contributed by atoms with Gasteiger partial charge in [-0.2, -0.15) is 0 Å². The maximum absolute atomic E-state index is 9.08. The average Bonchev–Trinajstić information content (AvgIpc) is 2.12. The van der Waals surface area contributed by atoms with Crippen molar-refractivity contribution in [2.24, 2.45) is 5.73 Å². The van der Waals surface area contributed by atoms with Crippen molar-refractivity contribution in [3.8, 4) is 0 Å². The van der Waals surface area contributed by atoms with Gasteiger partial charge in [-0.1, -0.05) is 29.8 Å². The normalized spacial score (nSPS) is 13.9. The number of rotatable bonds is 4. The lowest BCUT2D eigenvalue weighted by Crippen LogP contribution is -2.39. The van der Waals surface area contributed by atoms with Crippen molar-refractivity contribution in [2.45, 2.75) is 38.6 Å². The summed E-state index contributed by atoms with van der Waals surface area (Å²) in [4.78, 5) is 0. The van der Waals surface area contributed by atoms with E-state index in [1.807, 2.05) is 19.9 Å². The topological polar surface area (TPSA) is 46.2 Å². The highest BCUT2D eigenvalue weighted by Crippen LogP contribution is 2.29. The molecule has 0 spiro atoms. The smallest absolute Gasteiger partial charge is 0.0437 e. The number of aliphatic hydroxyl groups excluding tert-OH is 1. The van der Waals surface area contributed by atoms with Gasteiger partial charge in [-0.05, 0) is 32.8 Å². The molecule has 1 aromatic carbocycles. The average molecular weight is 207 g/mol. The Hall–Kier alpha value is -0.860. The zero-order valence-corrected chi connectivity index (χ0v) is 9.83. The summed E-state index contributed by atoms with van der Waals surface area (Å²) in [6.07, 6.45) is 0.715. The monoisotopic (exact) mass is 207 g/mol. The molecule has 3 N–H and O–H groups in total. The first-order valence-electron chi connectivity index (χ1n) is 5.41. The van der Waals surface area contributed by atoms with Gasteiger partial charge in [0.25, 0.3) is 0 Å². The second-order valence-corrected chi connectivity index (χ2v) is 4.80. The van der Waals surface area contributed by atoms with E-state index in [0.717, 1.165) is 0 Å². The molecule has 0 aliphatic rings. The standard InChI is InChI=1S/C13H21NO/c1-10-5-4-6-11(9-10)12(7-8-15)13(2,3)14/h4-6,9,12,15H,7-8,14H2,1-3H3. The van der Waals surface area contributed by atoms with Crippen LogP contribution in [0.25, 0.3) is 0 Å². The van der Waals surface area contributed by atoms with Crippen LogP contribution in [0.4, 0.5) is 0 Å². The summed E-state index contributed by atoms with van der Waals surface area (Å²) in [5, 5.41) is 9.08. The zero-order valence-electron chi connectivity index (χ0n) is 9.83. The minimum Gasteiger partial charge on any atom is -0.396 e. The summed E-state index contributed by atoms with van der Waals surface area (Å²) in [5.41, 5.74) is 8.30. The van der Waals surface area contributed by atoms with Crippen LogP contribution in [0.2, 0.25) is 0 Å². The molecule has 1 unspecified atom stereocenters. The van der Waals surface area contributed by atoms with Gasteiger partial charge >= 0.3 is 0 Å². The Labute approximate surface area is 92.1 Å². The SMILES string of the molecule is Cc1cccc(C(CCO)C(C)(C)N)c1. The highest BCUT2D eigenvalue weighted by Gasteiger charge is 2.26. The Morgan fingerprint density at radius 1 is 1.40 bits per heavy atom. The van der Waals surface area contributed by atoms with Crippen LogP contribution in [0, 0.1) is 6.92 Å². The fraction of sp³-hybridized carbons (Fsp3) is 0.538. The van der Waals surface area contributed by atoms with Crippen molar-refractivity contribution in [1.82, 2.24) is 0 Å². The van der Waals surface area contributed by atoms with Crippen molar-refractivity contribution in [2.75, 3.05) is 6.61 Å². The molecule has 2 nitrogen and oxygen atoms in total. The van der Waals surface area contributed by atoms with E-state index in [1.165, 1.54) is 11.1 Å². The van der Waals surface area contributed by atoms with Gasteiger partial charge in [-0.15, -0.1) is 0 Å². The van der Waals surface area contributed by atoms with E-state index < -0.39 is 0 Å². The predicted molar refractivity (Wildman–Crippen MR) is 63.9 cm³/mol. The Morgan fingerprint density at radius 2 is 2.07 bits per heavy atom. The summed E-state index contributed by atoms with van der Waals surface area (Å²) in [6.45, 7) is 6.27. The summed E-state index contributed by atoms with van der Waals surface area (Å²) in [7, 11) is 0. The third kappa shape index (κ3) is 3.33. The molecule has 0 aromatic heterocycles. The van der Waals surface area contributed by atoms with Crippen molar-refractivity contribution in [3.63, 3.8) is 0 Å². The van der Waals surface area contributed by atoms with Gasteiger partial charge < -0.3 is 10.8 Å². The summed E-state index contributed by atoms with van der Waals surface area (Å²) < 4.78 is 0. The van der Waals surface area contributed by atoms with E-state index in [9.17, 15) is 0 Å². The van der Waals surface area contributed by atoms with Gasteiger partial charge in [0, 0.05) is 18.1 Å². The number of aliphatic hydroxyl groups is 1. The van der Waals surface area contributed by atoms with E-state index in [4.69, 9.17) is 10.8 Å². The van der Waals surface area contributed by atoms with Crippen molar-refractivity contribution >= 4 is 0 Å². The highest BCUT2D eigenvalue weighted by molar-refractivity contribution is 5.27. The van der Waals surface area contributed by atoms with Crippen LogP contribution in [0.3, 0.4) is 0 Å². The predicted octanol–water partition coefficient (Wildman–Crippen LogP) is 2.20. The number of benzene rings is 1. The molecule has 84 valence electrons. The Balaban J connectivity index is 2.99. The second kappa shape index (κ2) is 4.77. The number of hydrogen-bond donors (Lipinski definition) is 2. The number of aryl methyl sites for hydroxylation is 1. The van der Waals surface area contributed by atoms with Crippen LogP contribution in [0.5, 0.6) is 0 Å². The lowest BCUT2D eigenvalue weighted by molar-refractivity contribution is 0.250. The lowest BCUT2D eigenvalue weighted by atomic mass is 9.80. The van der Waals surface area contributed by atoms with Gasteiger partial charge in [-0.3, -0.25) is 0 Å². The maximum Gasteiger partial charge on any atom is 0.0437 e. The zero-order chi connectivity index (χ0) is 11.5.